The molecule has 0 spiro atoms. The summed E-state index contributed by atoms with van der Waals surface area (Å²) in [6, 6.07) is 7.86. The molecule has 1 aromatic carbocycles. The topological polar surface area (TPSA) is 64.6 Å². The molecule has 0 aromatic heterocycles. The number of amides is 1. The van der Waals surface area contributed by atoms with Crippen molar-refractivity contribution in [3.63, 3.8) is 0 Å². The zero-order valence-corrected chi connectivity index (χ0v) is 14.9. The van der Waals surface area contributed by atoms with Gasteiger partial charge >= 0.3 is 12.1 Å². The molecule has 0 unspecified atom stereocenters. The van der Waals surface area contributed by atoms with Gasteiger partial charge in [0.2, 0.25) is 0 Å². The van der Waals surface area contributed by atoms with Crippen molar-refractivity contribution in [2.75, 3.05) is 12.4 Å². The molecule has 1 N–H and O–H groups in total. The molecule has 0 atom stereocenters. The van der Waals surface area contributed by atoms with Gasteiger partial charge in [-0.05, 0) is 70.1 Å². The van der Waals surface area contributed by atoms with Crippen LogP contribution in [0.3, 0.4) is 0 Å². The third-order valence-electron chi connectivity index (χ3n) is 4.29. The maximum Gasteiger partial charge on any atom is 0.412 e. The van der Waals surface area contributed by atoms with Crippen LogP contribution in [0.4, 0.5) is 10.5 Å². The lowest BCUT2D eigenvalue weighted by molar-refractivity contribution is -0.146. The molecule has 1 saturated carbocycles. The number of nitrogens with one attached hydrogen (secondary N) is 1. The Balaban J connectivity index is 1.89. The van der Waals surface area contributed by atoms with Crippen LogP contribution in [0.15, 0.2) is 24.3 Å². The van der Waals surface area contributed by atoms with E-state index in [1.54, 1.807) is 0 Å². The van der Waals surface area contributed by atoms with Gasteiger partial charge in [-0.2, -0.15) is 0 Å². The van der Waals surface area contributed by atoms with E-state index in [0.29, 0.717) is 5.92 Å². The Hall–Kier alpha value is -2.04. The Labute approximate surface area is 143 Å². The predicted octanol–water partition coefficient (Wildman–Crippen LogP) is 4.48. The molecular formula is C19H27NO4. The lowest BCUT2D eigenvalue weighted by Crippen LogP contribution is -2.27. The number of rotatable bonds is 3. The first kappa shape index (κ1) is 18.3. The van der Waals surface area contributed by atoms with Gasteiger partial charge in [0.1, 0.15) is 5.60 Å². The fourth-order valence-corrected chi connectivity index (χ4v) is 3.09. The lowest BCUT2D eigenvalue weighted by Gasteiger charge is -2.27. The average Bonchev–Trinajstić information content (AvgIpc) is 2.53. The minimum Gasteiger partial charge on any atom is -0.469 e. The van der Waals surface area contributed by atoms with E-state index < -0.39 is 11.7 Å². The van der Waals surface area contributed by atoms with Crippen LogP contribution in [-0.2, 0) is 14.3 Å². The molecule has 5 nitrogen and oxygen atoms in total. The molecule has 132 valence electrons. The van der Waals surface area contributed by atoms with Crippen molar-refractivity contribution in [2.45, 2.75) is 58.0 Å². The smallest absolute Gasteiger partial charge is 0.412 e. The van der Waals surface area contributed by atoms with E-state index >= 15 is 0 Å². The maximum absolute atomic E-state index is 11.8. The Morgan fingerprint density at radius 1 is 1.04 bits per heavy atom. The van der Waals surface area contributed by atoms with Gasteiger partial charge in [-0.15, -0.1) is 0 Å². The highest BCUT2D eigenvalue weighted by molar-refractivity contribution is 5.84. The summed E-state index contributed by atoms with van der Waals surface area (Å²) in [7, 11) is 1.45. The lowest BCUT2D eigenvalue weighted by atomic mass is 9.79. The molecule has 0 saturated heterocycles. The molecule has 1 aliphatic rings. The first-order chi connectivity index (χ1) is 11.3. The molecule has 1 amide bonds. The van der Waals surface area contributed by atoms with Crippen LogP contribution in [0.2, 0.25) is 0 Å². The van der Waals surface area contributed by atoms with Crippen LogP contribution in [0.25, 0.3) is 0 Å². The summed E-state index contributed by atoms with van der Waals surface area (Å²) in [5.74, 6) is 0.409. The quantitative estimate of drug-likeness (QED) is 0.828. The number of hydrogen-bond acceptors (Lipinski definition) is 4. The van der Waals surface area contributed by atoms with Gasteiger partial charge in [0.15, 0.2) is 0 Å². The highest BCUT2D eigenvalue weighted by atomic mass is 16.6. The molecule has 0 bridgehead atoms. The van der Waals surface area contributed by atoms with E-state index in [1.807, 2.05) is 45.0 Å². The highest BCUT2D eigenvalue weighted by Gasteiger charge is 2.27. The average molecular weight is 333 g/mol. The van der Waals surface area contributed by atoms with Crippen LogP contribution in [0, 0.1) is 5.92 Å². The number of ether oxygens (including phenoxy) is 2. The molecule has 1 aromatic rings. The second-order valence-electron chi connectivity index (χ2n) is 7.32. The highest BCUT2D eigenvalue weighted by Crippen LogP contribution is 2.36. The molecule has 0 radical (unpaired) electrons. The van der Waals surface area contributed by atoms with Crippen molar-refractivity contribution in [3.8, 4) is 0 Å². The second-order valence-corrected chi connectivity index (χ2v) is 7.32. The van der Waals surface area contributed by atoms with Crippen molar-refractivity contribution in [1.82, 2.24) is 0 Å². The number of carbonyl (C=O) groups is 2. The number of hydrogen-bond donors (Lipinski definition) is 1. The van der Waals surface area contributed by atoms with Crippen LogP contribution in [0.1, 0.15) is 57.9 Å². The standard InChI is InChI=1S/C19H27NO4/c1-19(2,3)24-18(22)20-16-11-9-14(10-12-16)13-5-7-15(8-6-13)17(21)23-4/h9-13,15H,5-8H2,1-4H3,(H,20,22). The van der Waals surface area contributed by atoms with Crippen LogP contribution >= 0.6 is 0 Å². The summed E-state index contributed by atoms with van der Waals surface area (Å²) in [6.07, 6.45) is 3.26. The first-order valence-corrected chi connectivity index (χ1v) is 8.46. The van der Waals surface area contributed by atoms with Gasteiger partial charge in [0.05, 0.1) is 13.0 Å². The summed E-state index contributed by atoms with van der Waals surface area (Å²) >= 11 is 0. The third-order valence-corrected chi connectivity index (χ3v) is 4.29. The SMILES string of the molecule is COC(=O)C1CCC(c2ccc(NC(=O)OC(C)(C)C)cc2)CC1. The summed E-state index contributed by atoms with van der Waals surface area (Å²) < 4.78 is 10.1. The number of carbonyl (C=O) groups excluding carboxylic acids is 2. The van der Waals surface area contributed by atoms with Crippen molar-refractivity contribution in [3.05, 3.63) is 29.8 Å². The molecule has 24 heavy (non-hydrogen) atoms. The summed E-state index contributed by atoms with van der Waals surface area (Å²) in [5.41, 5.74) is 1.45. The third kappa shape index (κ3) is 5.25. The number of anilines is 1. The van der Waals surface area contributed by atoms with Gasteiger partial charge < -0.3 is 9.47 Å². The molecular weight excluding hydrogens is 306 g/mol. The minimum absolute atomic E-state index is 0.0411. The number of methoxy groups -OCH3 is 1. The van der Waals surface area contributed by atoms with E-state index in [9.17, 15) is 9.59 Å². The van der Waals surface area contributed by atoms with E-state index in [2.05, 4.69) is 5.32 Å². The summed E-state index contributed by atoms with van der Waals surface area (Å²) in [6.45, 7) is 5.50. The summed E-state index contributed by atoms with van der Waals surface area (Å²) in [5, 5.41) is 2.74. The van der Waals surface area contributed by atoms with E-state index in [1.165, 1.54) is 12.7 Å². The van der Waals surface area contributed by atoms with E-state index in [0.717, 1.165) is 31.4 Å². The van der Waals surface area contributed by atoms with Gasteiger partial charge in [-0.25, -0.2) is 4.79 Å². The van der Waals surface area contributed by atoms with Gasteiger partial charge in [-0.1, -0.05) is 12.1 Å². The second kappa shape index (κ2) is 7.69. The van der Waals surface area contributed by atoms with Crippen molar-refractivity contribution < 1.29 is 19.1 Å². The zero-order valence-electron chi connectivity index (χ0n) is 14.9. The Morgan fingerprint density at radius 3 is 2.12 bits per heavy atom. The van der Waals surface area contributed by atoms with Crippen molar-refractivity contribution >= 4 is 17.7 Å². The maximum atomic E-state index is 11.8. The molecule has 1 fully saturated rings. The largest absolute Gasteiger partial charge is 0.469 e. The van der Waals surface area contributed by atoms with Crippen LogP contribution < -0.4 is 5.32 Å². The van der Waals surface area contributed by atoms with Gasteiger partial charge in [-0.3, -0.25) is 10.1 Å². The normalized spacial score (nSPS) is 21.0. The Bertz CT molecular complexity index is 566. The number of esters is 1. The van der Waals surface area contributed by atoms with Crippen LogP contribution in [-0.4, -0.2) is 24.8 Å². The molecule has 2 rings (SSSR count). The zero-order chi connectivity index (χ0) is 17.7. The first-order valence-electron chi connectivity index (χ1n) is 8.46. The predicted molar refractivity (Wildman–Crippen MR) is 93.0 cm³/mol. The van der Waals surface area contributed by atoms with Gasteiger partial charge in [0, 0.05) is 5.69 Å². The Kier molecular flexibility index (Phi) is 5.86. The Morgan fingerprint density at radius 2 is 1.62 bits per heavy atom. The van der Waals surface area contributed by atoms with Crippen LogP contribution in [0.5, 0.6) is 0 Å². The van der Waals surface area contributed by atoms with Crippen molar-refractivity contribution in [1.29, 1.82) is 0 Å². The van der Waals surface area contributed by atoms with E-state index in [4.69, 9.17) is 9.47 Å². The fraction of sp³-hybridized carbons (Fsp3) is 0.579. The monoisotopic (exact) mass is 333 g/mol. The molecule has 0 heterocycles. The molecule has 0 aliphatic heterocycles. The number of benzene rings is 1. The van der Waals surface area contributed by atoms with Crippen molar-refractivity contribution in [2.24, 2.45) is 5.92 Å². The van der Waals surface area contributed by atoms with Gasteiger partial charge in [0.25, 0.3) is 0 Å². The molecule has 5 heteroatoms. The summed E-state index contributed by atoms with van der Waals surface area (Å²) in [4.78, 5) is 23.3. The minimum atomic E-state index is -0.512. The fourth-order valence-electron chi connectivity index (χ4n) is 3.09. The molecule has 1 aliphatic carbocycles. The van der Waals surface area contributed by atoms with E-state index in [-0.39, 0.29) is 11.9 Å².